The minimum absolute atomic E-state index is 0.0489. The van der Waals surface area contributed by atoms with Gasteiger partial charge in [0, 0.05) is 32.0 Å². The van der Waals surface area contributed by atoms with E-state index in [2.05, 4.69) is 17.6 Å². The molecule has 4 nitrogen and oxygen atoms in total. The van der Waals surface area contributed by atoms with Crippen molar-refractivity contribution in [2.24, 2.45) is 0 Å². The van der Waals surface area contributed by atoms with Crippen molar-refractivity contribution in [1.29, 1.82) is 0 Å². The first-order chi connectivity index (χ1) is 9.13. The monoisotopic (exact) mass is 263 g/mol. The van der Waals surface area contributed by atoms with E-state index in [9.17, 15) is 4.79 Å². The van der Waals surface area contributed by atoms with E-state index >= 15 is 0 Å². The fourth-order valence-electron chi connectivity index (χ4n) is 1.73. The van der Waals surface area contributed by atoms with Crippen molar-refractivity contribution in [2.75, 3.05) is 37.4 Å². The molecule has 0 aromatic heterocycles. The minimum Gasteiger partial charge on any atom is -0.378 e. The number of nitrogens with one attached hydrogen (secondary N) is 2. The van der Waals surface area contributed by atoms with Gasteiger partial charge in [0.15, 0.2) is 0 Å². The molecule has 2 N–H and O–H groups in total. The minimum atomic E-state index is 0.0489. The molecule has 0 aliphatic rings. The normalized spacial score (nSPS) is 10.1. The van der Waals surface area contributed by atoms with Crippen LogP contribution in [0.15, 0.2) is 24.3 Å². The number of hydrogen-bond donors (Lipinski definition) is 2. The van der Waals surface area contributed by atoms with E-state index in [1.807, 2.05) is 43.3 Å². The van der Waals surface area contributed by atoms with Crippen molar-refractivity contribution in [1.82, 2.24) is 5.32 Å². The number of hydrogen-bond acceptors (Lipinski definition) is 3. The molecular weight excluding hydrogens is 238 g/mol. The fourth-order valence-corrected chi connectivity index (χ4v) is 1.73. The highest BCUT2D eigenvalue weighted by molar-refractivity contribution is 5.80. The quantitative estimate of drug-likeness (QED) is 0.708. The summed E-state index contributed by atoms with van der Waals surface area (Å²) in [5, 5.41) is 6.03. The lowest BCUT2D eigenvalue weighted by Gasteiger charge is -2.13. The van der Waals surface area contributed by atoms with Gasteiger partial charge >= 0.3 is 0 Å². The Morgan fingerprint density at radius 3 is 2.42 bits per heavy atom. The van der Waals surface area contributed by atoms with Gasteiger partial charge in [0.05, 0.1) is 6.54 Å². The molecule has 0 fully saturated rings. The molecule has 1 aromatic carbocycles. The average Bonchev–Trinajstić information content (AvgIpc) is 2.42. The van der Waals surface area contributed by atoms with Crippen LogP contribution in [0.25, 0.3) is 0 Å². The molecule has 19 heavy (non-hydrogen) atoms. The number of anilines is 2. The van der Waals surface area contributed by atoms with E-state index in [-0.39, 0.29) is 5.91 Å². The maximum Gasteiger partial charge on any atom is 0.239 e. The van der Waals surface area contributed by atoms with Crippen LogP contribution in [0, 0.1) is 0 Å². The Hall–Kier alpha value is -1.71. The van der Waals surface area contributed by atoms with Gasteiger partial charge in [0.2, 0.25) is 5.91 Å². The van der Waals surface area contributed by atoms with Crippen molar-refractivity contribution in [3.05, 3.63) is 24.3 Å². The third-order valence-electron chi connectivity index (χ3n) is 2.94. The second kappa shape index (κ2) is 8.40. The second-order valence-corrected chi connectivity index (χ2v) is 4.85. The summed E-state index contributed by atoms with van der Waals surface area (Å²) in [6.45, 7) is 3.25. The van der Waals surface area contributed by atoms with Gasteiger partial charge in [-0.25, -0.2) is 0 Å². The highest BCUT2D eigenvalue weighted by atomic mass is 16.1. The summed E-state index contributed by atoms with van der Waals surface area (Å²) < 4.78 is 0. The number of rotatable bonds is 8. The zero-order chi connectivity index (χ0) is 14.1. The molecule has 0 aliphatic carbocycles. The number of carbonyl (C=O) groups excluding carboxylic acids is 1. The van der Waals surface area contributed by atoms with Crippen LogP contribution in [0.4, 0.5) is 11.4 Å². The van der Waals surface area contributed by atoms with Crippen LogP contribution in [-0.4, -0.2) is 33.1 Å². The van der Waals surface area contributed by atoms with Gasteiger partial charge in [0.1, 0.15) is 0 Å². The maximum absolute atomic E-state index is 11.6. The van der Waals surface area contributed by atoms with E-state index < -0.39 is 0 Å². The second-order valence-electron chi connectivity index (χ2n) is 4.85. The SMILES string of the molecule is CCCCCNC(=O)CNc1ccc(N(C)C)cc1. The van der Waals surface area contributed by atoms with Gasteiger partial charge in [-0.05, 0) is 30.7 Å². The Morgan fingerprint density at radius 1 is 1.16 bits per heavy atom. The first-order valence-electron chi connectivity index (χ1n) is 6.91. The first kappa shape index (κ1) is 15.3. The van der Waals surface area contributed by atoms with Gasteiger partial charge < -0.3 is 15.5 Å². The van der Waals surface area contributed by atoms with Crippen LogP contribution in [-0.2, 0) is 4.79 Å². The van der Waals surface area contributed by atoms with E-state index in [4.69, 9.17) is 0 Å². The summed E-state index contributed by atoms with van der Waals surface area (Å²) in [5.74, 6) is 0.0489. The molecule has 106 valence electrons. The predicted octanol–water partition coefficient (Wildman–Crippen LogP) is 2.47. The van der Waals surface area contributed by atoms with Gasteiger partial charge in [-0.2, -0.15) is 0 Å². The Labute approximate surface area is 116 Å². The summed E-state index contributed by atoms with van der Waals surface area (Å²) in [4.78, 5) is 13.6. The molecule has 0 atom stereocenters. The summed E-state index contributed by atoms with van der Waals surface area (Å²) in [6, 6.07) is 8.03. The average molecular weight is 263 g/mol. The smallest absolute Gasteiger partial charge is 0.239 e. The third kappa shape index (κ3) is 6.13. The zero-order valence-electron chi connectivity index (χ0n) is 12.2. The topological polar surface area (TPSA) is 44.4 Å². The lowest BCUT2D eigenvalue weighted by atomic mass is 10.2. The van der Waals surface area contributed by atoms with Crippen molar-refractivity contribution in [2.45, 2.75) is 26.2 Å². The number of carbonyl (C=O) groups is 1. The van der Waals surface area contributed by atoms with Crippen molar-refractivity contribution < 1.29 is 4.79 Å². The molecule has 0 spiro atoms. The molecule has 0 bridgehead atoms. The van der Waals surface area contributed by atoms with Crippen LogP contribution >= 0.6 is 0 Å². The van der Waals surface area contributed by atoms with E-state index in [1.165, 1.54) is 12.8 Å². The van der Waals surface area contributed by atoms with Crippen LogP contribution < -0.4 is 15.5 Å². The predicted molar refractivity (Wildman–Crippen MR) is 81.8 cm³/mol. The van der Waals surface area contributed by atoms with Crippen LogP contribution in [0.2, 0.25) is 0 Å². The summed E-state index contributed by atoms with van der Waals surface area (Å²) in [5.41, 5.74) is 2.11. The zero-order valence-corrected chi connectivity index (χ0v) is 12.2. The number of amides is 1. The Bertz CT molecular complexity index is 373. The Kier molecular flexibility index (Phi) is 6.79. The number of unbranched alkanes of at least 4 members (excludes halogenated alkanes) is 2. The maximum atomic E-state index is 11.6. The Morgan fingerprint density at radius 2 is 1.84 bits per heavy atom. The largest absolute Gasteiger partial charge is 0.378 e. The Balaban J connectivity index is 2.26. The van der Waals surface area contributed by atoms with Gasteiger partial charge in [0.25, 0.3) is 0 Å². The fraction of sp³-hybridized carbons (Fsp3) is 0.533. The molecule has 1 rings (SSSR count). The molecule has 0 unspecified atom stereocenters. The summed E-state index contributed by atoms with van der Waals surface area (Å²) in [6.07, 6.45) is 3.39. The van der Waals surface area contributed by atoms with Crippen LogP contribution in [0.5, 0.6) is 0 Å². The highest BCUT2D eigenvalue weighted by Gasteiger charge is 2.01. The molecule has 0 saturated heterocycles. The van der Waals surface area contributed by atoms with Gasteiger partial charge in [-0.1, -0.05) is 19.8 Å². The molecule has 1 amide bonds. The van der Waals surface area contributed by atoms with Crippen molar-refractivity contribution in [3.8, 4) is 0 Å². The molecular formula is C15H25N3O. The van der Waals surface area contributed by atoms with E-state index in [1.54, 1.807) is 0 Å². The summed E-state index contributed by atoms with van der Waals surface area (Å²) in [7, 11) is 4.01. The van der Waals surface area contributed by atoms with Crippen LogP contribution in [0.1, 0.15) is 26.2 Å². The lowest BCUT2D eigenvalue weighted by molar-refractivity contribution is -0.119. The molecule has 0 heterocycles. The molecule has 1 aromatic rings. The standard InChI is InChI=1S/C15H25N3O/c1-4-5-6-11-16-15(19)12-17-13-7-9-14(10-8-13)18(2)3/h7-10,17H,4-6,11-12H2,1-3H3,(H,16,19). The van der Waals surface area contributed by atoms with E-state index in [0.717, 1.165) is 24.3 Å². The highest BCUT2D eigenvalue weighted by Crippen LogP contribution is 2.15. The number of nitrogens with zero attached hydrogens (tertiary/aromatic N) is 1. The lowest BCUT2D eigenvalue weighted by Crippen LogP contribution is -2.30. The summed E-state index contributed by atoms with van der Waals surface area (Å²) >= 11 is 0. The van der Waals surface area contributed by atoms with Gasteiger partial charge in [-0.15, -0.1) is 0 Å². The van der Waals surface area contributed by atoms with E-state index in [0.29, 0.717) is 6.54 Å². The molecule has 4 heteroatoms. The first-order valence-corrected chi connectivity index (χ1v) is 6.91. The van der Waals surface area contributed by atoms with Crippen LogP contribution in [0.3, 0.4) is 0 Å². The molecule has 0 radical (unpaired) electrons. The van der Waals surface area contributed by atoms with Crippen molar-refractivity contribution in [3.63, 3.8) is 0 Å². The number of benzene rings is 1. The van der Waals surface area contributed by atoms with Gasteiger partial charge in [-0.3, -0.25) is 4.79 Å². The molecule has 0 saturated carbocycles. The van der Waals surface area contributed by atoms with Crippen molar-refractivity contribution >= 4 is 17.3 Å². The third-order valence-corrected chi connectivity index (χ3v) is 2.94. The molecule has 0 aliphatic heterocycles.